The van der Waals surface area contributed by atoms with Crippen LogP contribution in [0.2, 0.25) is 0 Å². The minimum Gasteiger partial charge on any atom is -0.455 e. The molecule has 28 heavy (non-hydrogen) atoms. The largest absolute Gasteiger partial charge is 0.455 e. The topological polar surface area (TPSA) is 59.3 Å². The van der Waals surface area contributed by atoms with Gasteiger partial charge in [0.1, 0.15) is 11.3 Å². The van der Waals surface area contributed by atoms with Crippen molar-refractivity contribution in [1.29, 1.82) is 0 Å². The van der Waals surface area contributed by atoms with Gasteiger partial charge in [-0.3, -0.25) is 4.79 Å². The van der Waals surface area contributed by atoms with Gasteiger partial charge in [0.05, 0.1) is 21.1 Å². The molecule has 3 aromatic rings. The summed E-state index contributed by atoms with van der Waals surface area (Å²) < 4.78 is 21.7. The number of hydrogen-bond donors (Lipinski definition) is 1. The van der Waals surface area contributed by atoms with E-state index in [-0.39, 0.29) is 16.2 Å². The van der Waals surface area contributed by atoms with E-state index in [1.54, 1.807) is 0 Å². The first-order chi connectivity index (χ1) is 13.3. The van der Waals surface area contributed by atoms with Crippen molar-refractivity contribution < 1.29 is 8.63 Å². The molecule has 5 heteroatoms. The molecule has 0 unspecified atom stereocenters. The Labute approximate surface area is 167 Å². The molecule has 0 aliphatic heterocycles. The molecule has 146 valence electrons. The second kappa shape index (κ2) is 6.98. The highest BCUT2D eigenvalue weighted by molar-refractivity contribution is 7.84. The van der Waals surface area contributed by atoms with Crippen LogP contribution in [-0.4, -0.2) is 8.96 Å². The molecular formula is C23H25NO3S. The van der Waals surface area contributed by atoms with E-state index in [0.29, 0.717) is 23.2 Å². The van der Waals surface area contributed by atoms with Crippen molar-refractivity contribution in [3.8, 4) is 11.3 Å². The summed E-state index contributed by atoms with van der Waals surface area (Å²) in [5, 5.41) is 0.589. The van der Waals surface area contributed by atoms with Gasteiger partial charge >= 0.3 is 0 Å². The lowest BCUT2D eigenvalue weighted by molar-refractivity contribution is 0.584. The Morgan fingerprint density at radius 3 is 2.57 bits per heavy atom. The average molecular weight is 396 g/mol. The van der Waals surface area contributed by atoms with Gasteiger partial charge < -0.3 is 4.42 Å². The third-order valence-corrected chi connectivity index (χ3v) is 6.94. The lowest BCUT2D eigenvalue weighted by Crippen LogP contribution is -2.35. The third kappa shape index (κ3) is 3.23. The fraction of sp³-hybridized carbons (Fsp3) is 0.348. The zero-order chi connectivity index (χ0) is 20.1. The SMILES string of the molecule is C[C@@H](N[S@](=O)C(C)(C)C)c1cccc2c(=O)c3c(oc12)-c1ccccc1CC3. The van der Waals surface area contributed by atoms with E-state index in [4.69, 9.17) is 4.42 Å². The van der Waals surface area contributed by atoms with E-state index in [1.165, 1.54) is 5.56 Å². The van der Waals surface area contributed by atoms with Gasteiger partial charge in [-0.05, 0) is 52.2 Å². The molecule has 1 aromatic heterocycles. The molecule has 0 bridgehead atoms. The molecule has 4 rings (SSSR count). The summed E-state index contributed by atoms with van der Waals surface area (Å²) in [4.78, 5) is 13.2. The number of hydrogen-bond acceptors (Lipinski definition) is 3. The summed E-state index contributed by atoms with van der Waals surface area (Å²) in [6.45, 7) is 7.74. The van der Waals surface area contributed by atoms with Gasteiger partial charge in [0, 0.05) is 22.7 Å². The van der Waals surface area contributed by atoms with Crippen LogP contribution < -0.4 is 10.2 Å². The van der Waals surface area contributed by atoms with Crippen molar-refractivity contribution in [2.75, 3.05) is 0 Å². The van der Waals surface area contributed by atoms with Crippen LogP contribution in [0.15, 0.2) is 51.7 Å². The van der Waals surface area contributed by atoms with Gasteiger partial charge in [0.25, 0.3) is 0 Å². The Morgan fingerprint density at radius 2 is 1.82 bits per heavy atom. The van der Waals surface area contributed by atoms with Gasteiger partial charge in [-0.2, -0.15) is 0 Å². The second-order valence-corrected chi connectivity index (χ2v) is 10.3. The highest BCUT2D eigenvalue weighted by atomic mass is 32.2. The Bertz CT molecular complexity index is 1140. The monoisotopic (exact) mass is 395 g/mol. The van der Waals surface area contributed by atoms with E-state index in [0.717, 1.165) is 23.1 Å². The Hall–Kier alpha value is -2.24. The van der Waals surface area contributed by atoms with Crippen LogP contribution in [0, 0.1) is 0 Å². The first kappa shape index (κ1) is 19.1. The molecule has 1 heterocycles. The number of para-hydroxylation sites is 1. The molecule has 0 spiro atoms. The summed E-state index contributed by atoms with van der Waals surface area (Å²) >= 11 is 0. The van der Waals surface area contributed by atoms with Gasteiger partial charge in [-0.25, -0.2) is 8.93 Å². The summed E-state index contributed by atoms with van der Waals surface area (Å²) in [5.74, 6) is 0.677. The van der Waals surface area contributed by atoms with E-state index in [2.05, 4.69) is 10.8 Å². The van der Waals surface area contributed by atoms with Crippen LogP contribution in [0.3, 0.4) is 0 Å². The summed E-state index contributed by atoms with van der Waals surface area (Å²) in [5.41, 5.74) is 4.41. The second-order valence-electron chi connectivity index (χ2n) is 8.34. The smallest absolute Gasteiger partial charge is 0.196 e. The highest BCUT2D eigenvalue weighted by Crippen LogP contribution is 2.35. The summed E-state index contributed by atoms with van der Waals surface area (Å²) in [6, 6.07) is 13.5. The quantitative estimate of drug-likeness (QED) is 0.701. The van der Waals surface area contributed by atoms with Crippen LogP contribution in [-0.2, 0) is 23.8 Å². The van der Waals surface area contributed by atoms with Crippen LogP contribution in [0.25, 0.3) is 22.3 Å². The fourth-order valence-electron chi connectivity index (χ4n) is 3.68. The van der Waals surface area contributed by atoms with Gasteiger partial charge in [0.2, 0.25) is 0 Å². The average Bonchev–Trinajstić information content (AvgIpc) is 2.67. The Kier molecular flexibility index (Phi) is 4.76. The third-order valence-electron chi connectivity index (χ3n) is 5.26. The minimum atomic E-state index is -1.22. The van der Waals surface area contributed by atoms with E-state index in [9.17, 15) is 9.00 Å². The zero-order valence-corrected chi connectivity index (χ0v) is 17.5. The minimum absolute atomic E-state index is 0.0387. The molecule has 1 aliphatic rings. The fourth-order valence-corrected chi connectivity index (χ4v) is 4.48. The lowest BCUT2D eigenvalue weighted by atomic mass is 9.89. The maximum absolute atomic E-state index is 13.2. The number of nitrogens with one attached hydrogen (secondary N) is 1. The molecule has 0 amide bonds. The van der Waals surface area contributed by atoms with E-state index >= 15 is 0 Å². The van der Waals surface area contributed by atoms with Crippen LogP contribution in [0.5, 0.6) is 0 Å². The summed E-state index contributed by atoms with van der Waals surface area (Å²) in [6.07, 6.45) is 1.54. The van der Waals surface area contributed by atoms with Crippen molar-refractivity contribution in [3.63, 3.8) is 0 Å². The molecule has 0 radical (unpaired) electrons. The molecule has 0 saturated carbocycles. The lowest BCUT2D eigenvalue weighted by Gasteiger charge is -2.23. The van der Waals surface area contributed by atoms with Crippen molar-refractivity contribution in [3.05, 3.63) is 69.4 Å². The van der Waals surface area contributed by atoms with Gasteiger partial charge in [-0.15, -0.1) is 0 Å². The summed E-state index contributed by atoms with van der Waals surface area (Å²) in [7, 11) is -1.22. The number of rotatable bonds is 3. The molecule has 1 N–H and O–H groups in total. The van der Waals surface area contributed by atoms with E-state index < -0.39 is 11.0 Å². The van der Waals surface area contributed by atoms with Crippen molar-refractivity contribution >= 4 is 22.0 Å². The number of benzene rings is 2. The predicted molar refractivity (Wildman–Crippen MR) is 115 cm³/mol. The molecule has 4 nitrogen and oxygen atoms in total. The Balaban J connectivity index is 1.88. The van der Waals surface area contributed by atoms with Crippen molar-refractivity contribution in [2.24, 2.45) is 0 Å². The van der Waals surface area contributed by atoms with Crippen molar-refractivity contribution in [2.45, 2.75) is 51.3 Å². The van der Waals surface area contributed by atoms with Crippen LogP contribution >= 0.6 is 0 Å². The molecule has 0 fully saturated rings. The predicted octanol–water partition coefficient (Wildman–Crippen LogP) is 4.67. The maximum atomic E-state index is 13.2. The highest BCUT2D eigenvalue weighted by Gasteiger charge is 2.26. The first-order valence-corrected chi connectivity index (χ1v) is 10.8. The molecule has 1 aliphatic carbocycles. The first-order valence-electron chi connectivity index (χ1n) is 9.62. The zero-order valence-electron chi connectivity index (χ0n) is 16.7. The molecule has 2 aromatic carbocycles. The molecular weight excluding hydrogens is 370 g/mol. The maximum Gasteiger partial charge on any atom is 0.196 e. The van der Waals surface area contributed by atoms with Gasteiger partial charge in [0.15, 0.2) is 5.43 Å². The van der Waals surface area contributed by atoms with Gasteiger partial charge in [-0.1, -0.05) is 36.4 Å². The molecule has 0 saturated heterocycles. The normalized spacial score (nSPS) is 15.7. The molecule has 2 atom stereocenters. The van der Waals surface area contributed by atoms with Crippen LogP contribution in [0.4, 0.5) is 0 Å². The number of aryl methyl sites for hydroxylation is 1. The number of fused-ring (bicyclic) bond motifs is 4. The van der Waals surface area contributed by atoms with E-state index in [1.807, 2.05) is 64.1 Å². The van der Waals surface area contributed by atoms with Crippen LogP contribution in [0.1, 0.15) is 50.4 Å². The standard InChI is InChI=1S/C23H25NO3S/c1-14(24-28(26)23(2,3)4)16-10-7-11-18-20(25)19-13-12-15-8-5-6-9-17(15)22(19)27-21(16)18/h5-11,14,24H,12-13H2,1-4H3/t14-,28-/m1/s1. The Morgan fingerprint density at radius 1 is 1.07 bits per heavy atom. The van der Waals surface area contributed by atoms with Crippen molar-refractivity contribution in [1.82, 2.24) is 4.72 Å².